The zero-order valence-corrected chi connectivity index (χ0v) is 15.9. The number of morpholine rings is 1. The Morgan fingerprint density at radius 2 is 1.96 bits per heavy atom. The van der Waals surface area contributed by atoms with Gasteiger partial charge in [-0.1, -0.05) is 6.92 Å². The molecule has 2 N–H and O–H groups in total. The molecule has 28 heavy (non-hydrogen) atoms. The van der Waals surface area contributed by atoms with Crippen LogP contribution in [-0.4, -0.2) is 53.5 Å². The first-order valence-corrected chi connectivity index (χ1v) is 9.58. The molecule has 1 fully saturated rings. The van der Waals surface area contributed by atoms with E-state index in [2.05, 4.69) is 20.6 Å². The molecule has 0 saturated carbocycles. The second-order valence-electron chi connectivity index (χ2n) is 6.65. The Morgan fingerprint density at radius 1 is 1.18 bits per heavy atom. The summed E-state index contributed by atoms with van der Waals surface area (Å²) >= 11 is 0. The number of aromatic nitrogens is 3. The topological polar surface area (TPSA) is 83.8 Å². The molecule has 146 valence electrons. The number of benzene rings is 1. The SMILES string of the molecule is CCCNC(=O)Nc1ccc(-c2nc(N3CCOCC3)c3cccn3n2)cc1. The molecule has 8 nitrogen and oxygen atoms in total. The number of urea groups is 1. The number of nitrogens with one attached hydrogen (secondary N) is 2. The molecule has 0 spiro atoms. The fourth-order valence-electron chi connectivity index (χ4n) is 3.17. The summed E-state index contributed by atoms with van der Waals surface area (Å²) in [6, 6.07) is 11.4. The van der Waals surface area contributed by atoms with Gasteiger partial charge in [0.25, 0.3) is 0 Å². The zero-order chi connectivity index (χ0) is 19.3. The third kappa shape index (κ3) is 3.91. The highest BCUT2D eigenvalue weighted by Gasteiger charge is 2.18. The Labute approximate surface area is 163 Å². The van der Waals surface area contributed by atoms with Crippen LogP contribution in [-0.2, 0) is 4.74 Å². The van der Waals surface area contributed by atoms with E-state index < -0.39 is 0 Å². The summed E-state index contributed by atoms with van der Waals surface area (Å²) in [5, 5.41) is 10.3. The van der Waals surface area contributed by atoms with Gasteiger partial charge < -0.3 is 20.3 Å². The first-order chi connectivity index (χ1) is 13.7. The summed E-state index contributed by atoms with van der Waals surface area (Å²) in [5.41, 5.74) is 2.61. The van der Waals surface area contributed by atoms with Gasteiger partial charge in [0.2, 0.25) is 0 Å². The van der Waals surface area contributed by atoms with Gasteiger partial charge >= 0.3 is 6.03 Å². The van der Waals surface area contributed by atoms with Gasteiger partial charge in [0.1, 0.15) is 5.52 Å². The Hall–Kier alpha value is -3.13. The van der Waals surface area contributed by atoms with Crippen molar-refractivity contribution in [3.05, 3.63) is 42.6 Å². The van der Waals surface area contributed by atoms with Gasteiger partial charge in [-0.05, 0) is 42.8 Å². The monoisotopic (exact) mass is 380 g/mol. The number of rotatable bonds is 5. The van der Waals surface area contributed by atoms with Crippen molar-refractivity contribution in [1.82, 2.24) is 19.9 Å². The van der Waals surface area contributed by atoms with E-state index >= 15 is 0 Å². The summed E-state index contributed by atoms with van der Waals surface area (Å²) in [7, 11) is 0. The number of hydrogen-bond acceptors (Lipinski definition) is 5. The number of anilines is 2. The molecule has 2 amide bonds. The molecular formula is C20H24N6O2. The summed E-state index contributed by atoms with van der Waals surface area (Å²) in [4.78, 5) is 18.9. The molecule has 8 heteroatoms. The zero-order valence-electron chi connectivity index (χ0n) is 15.9. The summed E-state index contributed by atoms with van der Waals surface area (Å²) in [6.07, 6.45) is 2.83. The van der Waals surface area contributed by atoms with Gasteiger partial charge in [-0.2, -0.15) is 0 Å². The van der Waals surface area contributed by atoms with Crippen LogP contribution in [0.15, 0.2) is 42.6 Å². The van der Waals surface area contributed by atoms with Crippen LogP contribution >= 0.6 is 0 Å². The van der Waals surface area contributed by atoms with Crippen molar-refractivity contribution in [2.24, 2.45) is 0 Å². The van der Waals surface area contributed by atoms with Crippen LogP contribution in [0.3, 0.4) is 0 Å². The number of carbonyl (C=O) groups is 1. The van der Waals surface area contributed by atoms with E-state index in [1.165, 1.54) is 0 Å². The van der Waals surface area contributed by atoms with E-state index in [1.54, 1.807) is 0 Å². The first-order valence-electron chi connectivity index (χ1n) is 9.58. The van der Waals surface area contributed by atoms with Crippen LogP contribution in [0, 0.1) is 0 Å². The van der Waals surface area contributed by atoms with Crippen molar-refractivity contribution >= 4 is 23.1 Å². The molecule has 0 unspecified atom stereocenters. The smallest absolute Gasteiger partial charge is 0.319 e. The lowest BCUT2D eigenvalue weighted by Gasteiger charge is -2.28. The standard InChI is InChI=1S/C20H24N6O2/c1-2-9-21-20(27)22-16-7-5-15(6-8-16)18-23-19(25-11-13-28-14-12-25)17-4-3-10-26(17)24-18/h3-8,10H,2,9,11-14H2,1H3,(H2,21,22,27). The minimum Gasteiger partial charge on any atom is -0.378 e. The number of nitrogens with zero attached hydrogens (tertiary/aromatic N) is 4. The third-order valence-corrected chi connectivity index (χ3v) is 4.62. The van der Waals surface area contributed by atoms with Crippen molar-refractivity contribution in [1.29, 1.82) is 0 Å². The lowest BCUT2D eigenvalue weighted by Crippen LogP contribution is -2.37. The molecule has 3 heterocycles. The second-order valence-corrected chi connectivity index (χ2v) is 6.65. The predicted molar refractivity (Wildman–Crippen MR) is 109 cm³/mol. The maximum atomic E-state index is 11.8. The molecule has 0 aliphatic carbocycles. The lowest BCUT2D eigenvalue weighted by molar-refractivity contribution is 0.122. The van der Waals surface area contributed by atoms with Gasteiger partial charge in [0, 0.05) is 37.1 Å². The van der Waals surface area contributed by atoms with Crippen LogP contribution in [0.5, 0.6) is 0 Å². The van der Waals surface area contributed by atoms with Crippen molar-refractivity contribution in [2.45, 2.75) is 13.3 Å². The van der Waals surface area contributed by atoms with Gasteiger partial charge in [0.05, 0.1) is 13.2 Å². The fourth-order valence-corrected chi connectivity index (χ4v) is 3.17. The molecule has 1 aliphatic heterocycles. The number of ether oxygens (including phenoxy) is 1. The molecule has 0 atom stereocenters. The van der Waals surface area contributed by atoms with Crippen LogP contribution in [0.25, 0.3) is 16.9 Å². The molecule has 1 saturated heterocycles. The molecule has 1 aliphatic rings. The van der Waals surface area contributed by atoms with Crippen LogP contribution in [0.2, 0.25) is 0 Å². The van der Waals surface area contributed by atoms with Crippen LogP contribution in [0.4, 0.5) is 16.3 Å². The van der Waals surface area contributed by atoms with E-state index in [0.717, 1.165) is 42.1 Å². The Bertz CT molecular complexity index is 947. The van der Waals surface area contributed by atoms with Crippen molar-refractivity contribution < 1.29 is 9.53 Å². The van der Waals surface area contributed by atoms with Gasteiger partial charge in [-0.15, -0.1) is 5.10 Å². The van der Waals surface area contributed by atoms with Crippen molar-refractivity contribution in [3.63, 3.8) is 0 Å². The van der Waals surface area contributed by atoms with E-state index in [9.17, 15) is 4.79 Å². The molecule has 2 aromatic heterocycles. The van der Waals surface area contributed by atoms with E-state index in [1.807, 2.05) is 54.0 Å². The highest BCUT2D eigenvalue weighted by atomic mass is 16.5. The molecule has 3 aromatic rings. The molecule has 0 bridgehead atoms. The second kappa shape index (κ2) is 8.26. The molecule has 0 radical (unpaired) electrons. The fraction of sp³-hybridized carbons (Fsp3) is 0.350. The number of hydrogen-bond donors (Lipinski definition) is 2. The van der Waals surface area contributed by atoms with Gasteiger partial charge in [-0.3, -0.25) is 0 Å². The number of fused-ring (bicyclic) bond motifs is 1. The highest BCUT2D eigenvalue weighted by molar-refractivity contribution is 5.89. The maximum Gasteiger partial charge on any atom is 0.319 e. The normalized spacial score (nSPS) is 14.2. The summed E-state index contributed by atoms with van der Waals surface area (Å²) < 4.78 is 7.33. The minimum atomic E-state index is -0.200. The largest absolute Gasteiger partial charge is 0.378 e. The Morgan fingerprint density at radius 3 is 2.71 bits per heavy atom. The summed E-state index contributed by atoms with van der Waals surface area (Å²) in [5.74, 6) is 1.56. The number of amides is 2. The van der Waals surface area contributed by atoms with E-state index in [4.69, 9.17) is 9.72 Å². The molecule has 1 aromatic carbocycles. The highest BCUT2D eigenvalue weighted by Crippen LogP contribution is 2.25. The van der Waals surface area contributed by atoms with Crippen molar-refractivity contribution in [2.75, 3.05) is 43.1 Å². The van der Waals surface area contributed by atoms with E-state index in [0.29, 0.717) is 25.6 Å². The molecule has 4 rings (SSSR count). The quantitative estimate of drug-likeness (QED) is 0.711. The Balaban J connectivity index is 1.59. The summed E-state index contributed by atoms with van der Waals surface area (Å²) in [6.45, 7) is 5.69. The van der Waals surface area contributed by atoms with Crippen LogP contribution in [0.1, 0.15) is 13.3 Å². The average Bonchev–Trinajstić information content (AvgIpc) is 3.21. The van der Waals surface area contributed by atoms with Crippen molar-refractivity contribution in [3.8, 4) is 11.4 Å². The molecular weight excluding hydrogens is 356 g/mol. The minimum absolute atomic E-state index is 0.200. The van der Waals surface area contributed by atoms with E-state index in [-0.39, 0.29) is 6.03 Å². The number of carbonyl (C=O) groups excluding carboxylic acids is 1. The maximum absolute atomic E-state index is 11.8. The third-order valence-electron chi connectivity index (χ3n) is 4.62. The first kappa shape index (κ1) is 18.2. The Kier molecular flexibility index (Phi) is 5.38. The van der Waals surface area contributed by atoms with Gasteiger partial charge in [-0.25, -0.2) is 14.3 Å². The van der Waals surface area contributed by atoms with Gasteiger partial charge in [0.15, 0.2) is 11.6 Å². The predicted octanol–water partition coefficient (Wildman–Crippen LogP) is 2.76. The average molecular weight is 380 g/mol. The lowest BCUT2D eigenvalue weighted by atomic mass is 10.2. The van der Waals surface area contributed by atoms with Crippen LogP contribution < -0.4 is 15.5 Å².